The average molecular weight is 291 g/mol. The molecule has 1 aromatic carbocycles. The standard InChI is InChI=1S/C15H17NO5/c1-15(2,14(18)19)16-13(17)6-9-8-21-12-7-10(20-3)4-5-11(9)12/h4-5,7-8H,6H2,1-3H3,(H,16,17)(H,18,19). The fraction of sp³-hybridized carbons (Fsp3) is 0.333. The highest BCUT2D eigenvalue weighted by Gasteiger charge is 2.29. The summed E-state index contributed by atoms with van der Waals surface area (Å²) in [6.07, 6.45) is 1.55. The predicted octanol–water partition coefficient (Wildman–Crippen LogP) is 1.96. The van der Waals surface area contributed by atoms with E-state index < -0.39 is 11.5 Å². The van der Waals surface area contributed by atoms with Crippen molar-refractivity contribution in [2.75, 3.05) is 7.11 Å². The van der Waals surface area contributed by atoms with E-state index in [1.54, 1.807) is 19.2 Å². The van der Waals surface area contributed by atoms with Gasteiger partial charge >= 0.3 is 5.97 Å². The second-order valence-corrected chi connectivity index (χ2v) is 5.28. The third-order valence-corrected chi connectivity index (χ3v) is 3.20. The van der Waals surface area contributed by atoms with Crippen molar-refractivity contribution < 1.29 is 23.8 Å². The van der Waals surface area contributed by atoms with E-state index in [0.717, 1.165) is 5.39 Å². The number of benzene rings is 1. The van der Waals surface area contributed by atoms with Crippen LogP contribution in [0.4, 0.5) is 0 Å². The molecule has 0 saturated heterocycles. The van der Waals surface area contributed by atoms with Gasteiger partial charge in [-0.1, -0.05) is 0 Å². The molecule has 1 aromatic heterocycles. The molecule has 0 aliphatic carbocycles. The monoisotopic (exact) mass is 291 g/mol. The Morgan fingerprint density at radius 1 is 1.38 bits per heavy atom. The van der Waals surface area contributed by atoms with Crippen LogP contribution in [0.1, 0.15) is 19.4 Å². The highest BCUT2D eigenvalue weighted by Crippen LogP contribution is 2.25. The van der Waals surface area contributed by atoms with Gasteiger partial charge in [-0.2, -0.15) is 0 Å². The minimum Gasteiger partial charge on any atom is -0.497 e. The largest absolute Gasteiger partial charge is 0.497 e. The molecule has 0 spiro atoms. The van der Waals surface area contributed by atoms with E-state index in [-0.39, 0.29) is 12.3 Å². The zero-order valence-electron chi connectivity index (χ0n) is 12.1. The van der Waals surface area contributed by atoms with Crippen LogP contribution in [-0.4, -0.2) is 29.6 Å². The maximum Gasteiger partial charge on any atom is 0.328 e. The molecule has 1 amide bonds. The number of aliphatic carboxylic acids is 1. The molecule has 6 nitrogen and oxygen atoms in total. The molecule has 0 radical (unpaired) electrons. The van der Waals surface area contributed by atoms with Crippen LogP contribution in [0.15, 0.2) is 28.9 Å². The summed E-state index contributed by atoms with van der Waals surface area (Å²) in [6, 6.07) is 5.32. The number of hydrogen-bond acceptors (Lipinski definition) is 4. The van der Waals surface area contributed by atoms with Crippen molar-refractivity contribution in [1.29, 1.82) is 0 Å². The van der Waals surface area contributed by atoms with Crippen LogP contribution in [0.2, 0.25) is 0 Å². The molecule has 0 saturated carbocycles. The summed E-state index contributed by atoms with van der Waals surface area (Å²) in [7, 11) is 1.56. The number of rotatable bonds is 5. The van der Waals surface area contributed by atoms with Crippen LogP contribution in [0.5, 0.6) is 5.75 Å². The van der Waals surface area contributed by atoms with Gasteiger partial charge in [0.2, 0.25) is 5.91 Å². The molecule has 6 heteroatoms. The number of furan rings is 1. The topological polar surface area (TPSA) is 88.8 Å². The lowest BCUT2D eigenvalue weighted by Crippen LogP contribution is -2.50. The molecule has 0 atom stereocenters. The molecule has 112 valence electrons. The highest BCUT2D eigenvalue weighted by molar-refractivity contribution is 5.91. The van der Waals surface area contributed by atoms with Crippen molar-refractivity contribution >= 4 is 22.8 Å². The Morgan fingerprint density at radius 2 is 2.10 bits per heavy atom. The summed E-state index contributed by atoms with van der Waals surface area (Å²) in [5.41, 5.74) is 0.0146. The molecule has 2 rings (SSSR count). The van der Waals surface area contributed by atoms with Crippen molar-refractivity contribution in [2.24, 2.45) is 0 Å². The van der Waals surface area contributed by atoms with Crippen LogP contribution < -0.4 is 10.1 Å². The van der Waals surface area contributed by atoms with Gasteiger partial charge in [-0.15, -0.1) is 0 Å². The van der Waals surface area contributed by atoms with Gasteiger partial charge in [-0.05, 0) is 26.0 Å². The van der Waals surface area contributed by atoms with Gasteiger partial charge in [0.25, 0.3) is 0 Å². The maximum atomic E-state index is 12.0. The first-order chi connectivity index (χ1) is 9.83. The highest BCUT2D eigenvalue weighted by atomic mass is 16.5. The summed E-state index contributed by atoms with van der Waals surface area (Å²) in [6.45, 7) is 2.87. The van der Waals surface area contributed by atoms with E-state index in [9.17, 15) is 9.59 Å². The Balaban J connectivity index is 2.17. The quantitative estimate of drug-likeness (QED) is 0.879. The summed E-state index contributed by atoms with van der Waals surface area (Å²) in [5.74, 6) is -0.793. The lowest BCUT2D eigenvalue weighted by molar-refractivity contribution is -0.145. The van der Waals surface area contributed by atoms with E-state index in [1.807, 2.05) is 6.07 Å². The number of ether oxygens (including phenoxy) is 1. The van der Waals surface area contributed by atoms with Crippen molar-refractivity contribution in [3.8, 4) is 5.75 Å². The first-order valence-electron chi connectivity index (χ1n) is 6.42. The number of carbonyl (C=O) groups is 2. The smallest absolute Gasteiger partial charge is 0.328 e. The zero-order chi connectivity index (χ0) is 15.6. The van der Waals surface area contributed by atoms with Crippen LogP contribution in [0, 0.1) is 0 Å². The fourth-order valence-electron chi connectivity index (χ4n) is 1.95. The molecule has 0 aliphatic heterocycles. The summed E-state index contributed by atoms with van der Waals surface area (Å²) < 4.78 is 10.5. The van der Waals surface area contributed by atoms with Crippen LogP contribution in [-0.2, 0) is 16.0 Å². The summed E-state index contributed by atoms with van der Waals surface area (Å²) in [4.78, 5) is 23.0. The van der Waals surface area contributed by atoms with Crippen LogP contribution in [0.25, 0.3) is 11.0 Å². The Kier molecular flexibility index (Phi) is 3.88. The number of hydrogen-bond donors (Lipinski definition) is 2. The third kappa shape index (κ3) is 3.16. The average Bonchev–Trinajstić information content (AvgIpc) is 2.80. The lowest BCUT2D eigenvalue weighted by Gasteiger charge is -2.20. The minimum atomic E-state index is -1.31. The molecular formula is C15H17NO5. The molecule has 2 aromatic rings. The lowest BCUT2D eigenvalue weighted by atomic mass is 10.0. The second kappa shape index (κ2) is 5.47. The Labute approximate surface area is 121 Å². The van der Waals surface area contributed by atoms with Gasteiger partial charge in [-0.25, -0.2) is 4.79 Å². The van der Waals surface area contributed by atoms with Crippen molar-refractivity contribution in [1.82, 2.24) is 5.32 Å². The molecule has 0 unspecified atom stereocenters. The van der Waals surface area contributed by atoms with Crippen LogP contribution in [0.3, 0.4) is 0 Å². The minimum absolute atomic E-state index is 0.0516. The molecule has 0 aliphatic rings. The zero-order valence-corrected chi connectivity index (χ0v) is 12.1. The third-order valence-electron chi connectivity index (χ3n) is 3.20. The van der Waals surface area contributed by atoms with Gasteiger partial charge in [0, 0.05) is 17.0 Å². The van der Waals surface area contributed by atoms with E-state index in [1.165, 1.54) is 20.1 Å². The Morgan fingerprint density at radius 3 is 2.71 bits per heavy atom. The SMILES string of the molecule is COc1ccc2c(CC(=O)NC(C)(C)C(=O)O)coc2c1. The van der Waals surface area contributed by atoms with E-state index in [2.05, 4.69) is 5.32 Å². The number of methoxy groups -OCH3 is 1. The number of fused-ring (bicyclic) bond motifs is 1. The van der Waals surface area contributed by atoms with Crippen LogP contribution >= 0.6 is 0 Å². The maximum absolute atomic E-state index is 12.0. The molecular weight excluding hydrogens is 274 g/mol. The molecule has 0 bridgehead atoms. The first kappa shape index (κ1) is 14.9. The molecule has 2 N–H and O–H groups in total. The van der Waals surface area contributed by atoms with Gasteiger partial charge in [0.15, 0.2) is 0 Å². The fourth-order valence-corrected chi connectivity index (χ4v) is 1.95. The number of amides is 1. The Bertz CT molecular complexity index is 686. The number of nitrogens with one attached hydrogen (secondary N) is 1. The van der Waals surface area contributed by atoms with E-state index in [4.69, 9.17) is 14.3 Å². The Hall–Kier alpha value is -2.50. The second-order valence-electron chi connectivity index (χ2n) is 5.28. The van der Waals surface area contributed by atoms with Crippen molar-refractivity contribution in [3.05, 3.63) is 30.0 Å². The normalized spacial score (nSPS) is 11.4. The predicted molar refractivity (Wildman–Crippen MR) is 76.3 cm³/mol. The van der Waals surface area contributed by atoms with Gasteiger partial charge in [-0.3, -0.25) is 4.79 Å². The number of carboxylic acid groups (broad SMARTS) is 1. The first-order valence-corrected chi connectivity index (χ1v) is 6.42. The van der Waals surface area contributed by atoms with E-state index >= 15 is 0 Å². The van der Waals surface area contributed by atoms with Gasteiger partial charge in [0.1, 0.15) is 16.9 Å². The van der Waals surface area contributed by atoms with Crippen molar-refractivity contribution in [3.63, 3.8) is 0 Å². The summed E-state index contributed by atoms with van der Waals surface area (Å²) in [5, 5.41) is 12.3. The summed E-state index contributed by atoms with van der Waals surface area (Å²) >= 11 is 0. The van der Waals surface area contributed by atoms with Gasteiger partial charge in [0.05, 0.1) is 19.8 Å². The molecule has 0 fully saturated rings. The van der Waals surface area contributed by atoms with Gasteiger partial charge < -0.3 is 19.6 Å². The number of carbonyl (C=O) groups excluding carboxylic acids is 1. The molecule has 1 heterocycles. The molecule has 21 heavy (non-hydrogen) atoms. The van der Waals surface area contributed by atoms with E-state index in [0.29, 0.717) is 16.9 Å². The number of carboxylic acids is 1. The van der Waals surface area contributed by atoms with Crippen molar-refractivity contribution in [2.45, 2.75) is 25.8 Å².